The summed E-state index contributed by atoms with van der Waals surface area (Å²) in [6.07, 6.45) is 0.711. The second kappa shape index (κ2) is 9.32. The predicted octanol–water partition coefficient (Wildman–Crippen LogP) is 5.17. The lowest BCUT2D eigenvalue weighted by Crippen LogP contribution is -2.16. The number of aromatic nitrogens is 1. The van der Waals surface area contributed by atoms with E-state index in [1.165, 1.54) is 0 Å². The van der Waals surface area contributed by atoms with Crippen molar-refractivity contribution in [3.63, 3.8) is 0 Å². The van der Waals surface area contributed by atoms with Gasteiger partial charge in [-0.25, -0.2) is 4.99 Å². The third-order valence-corrected chi connectivity index (χ3v) is 4.85. The maximum absolute atomic E-state index is 9.20. The van der Waals surface area contributed by atoms with Crippen LogP contribution in [0.2, 0.25) is 0 Å². The van der Waals surface area contributed by atoms with Gasteiger partial charge < -0.3 is 9.67 Å². The second-order valence-corrected chi connectivity index (χ2v) is 6.84. The van der Waals surface area contributed by atoms with Gasteiger partial charge in [0.2, 0.25) is 0 Å². The summed E-state index contributed by atoms with van der Waals surface area (Å²) in [7, 11) is 0. The lowest BCUT2D eigenvalue weighted by molar-refractivity contribution is 0.279. The molecule has 3 aromatic rings. The van der Waals surface area contributed by atoms with E-state index in [-0.39, 0.29) is 23.6 Å². The Balaban J connectivity index is 0.00000208. The van der Waals surface area contributed by atoms with Crippen molar-refractivity contribution in [2.45, 2.75) is 13.0 Å². The Labute approximate surface area is 164 Å². The summed E-state index contributed by atoms with van der Waals surface area (Å²) in [5.74, 6) is 0. The van der Waals surface area contributed by atoms with Gasteiger partial charge in [0, 0.05) is 23.0 Å². The van der Waals surface area contributed by atoms with Crippen LogP contribution in [0.4, 0.5) is 5.69 Å². The number of hydrogen-bond acceptors (Lipinski definition) is 3. The van der Waals surface area contributed by atoms with Crippen molar-refractivity contribution in [2.75, 3.05) is 6.61 Å². The SMILES string of the molecule is Br.OCCCn1c(-c2ccc(Br)cc2)csc1=Nc1ccccc1. The van der Waals surface area contributed by atoms with Gasteiger partial charge in [-0.05, 0) is 36.2 Å². The summed E-state index contributed by atoms with van der Waals surface area (Å²) in [6.45, 7) is 0.921. The van der Waals surface area contributed by atoms with E-state index in [0.717, 1.165) is 32.8 Å². The summed E-state index contributed by atoms with van der Waals surface area (Å²) in [6, 6.07) is 18.2. The quantitative estimate of drug-likeness (QED) is 0.549. The number of hydrogen-bond donors (Lipinski definition) is 1. The Bertz CT molecular complexity index is 826. The molecule has 0 unspecified atom stereocenters. The zero-order valence-electron chi connectivity index (χ0n) is 12.9. The highest BCUT2D eigenvalue weighted by Gasteiger charge is 2.08. The highest BCUT2D eigenvalue weighted by atomic mass is 79.9. The third kappa shape index (κ3) is 4.66. The molecular weight excluding hydrogens is 452 g/mol. The Kier molecular flexibility index (Phi) is 7.42. The molecule has 0 bridgehead atoms. The highest BCUT2D eigenvalue weighted by molar-refractivity contribution is 9.10. The number of benzene rings is 2. The van der Waals surface area contributed by atoms with Crippen LogP contribution in [-0.2, 0) is 6.54 Å². The molecular formula is C18H18Br2N2OS. The fourth-order valence-electron chi connectivity index (χ4n) is 2.33. The van der Waals surface area contributed by atoms with Gasteiger partial charge in [-0.1, -0.05) is 46.3 Å². The molecule has 126 valence electrons. The number of halogens is 2. The van der Waals surface area contributed by atoms with Crippen molar-refractivity contribution in [2.24, 2.45) is 4.99 Å². The molecule has 1 heterocycles. The minimum absolute atomic E-state index is 0. The fourth-order valence-corrected chi connectivity index (χ4v) is 3.55. The lowest BCUT2D eigenvalue weighted by atomic mass is 10.2. The highest BCUT2D eigenvalue weighted by Crippen LogP contribution is 2.23. The number of rotatable bonds is 5. The van der Waals surface area contributed by atoms with Crippen LogP contribution < -0.4 is 4.80 Å². The Hall–Kier alpha value is -1.21. The Morgan fingerprint density at radius 1 is 1.04 bits per heavy atom. The van der Waals surface area contributed by atoms with E-state index in [2.05, 4.69) is 38.0 Å². The number of thiazole rings is 1. The molecule has 2 aromatic carbocycles. The minimum Gasteiger partial charge on any atom is -0.396 e. The average Bonchev–Trinajstić information content (AvgIpc) is 2.97. The normalized spacial score (nSPS) is 11.3. The molecule has 1 aromatic heterocycles. The van der Waals surface area contributed by atoms with Crippen molar-refractivity contribution in [3.05, 3.63) is 69.3 Å². The summed E-state index contributed by atoms with van der Waals surface area (Å²) >= 11 is 5.10. The molecule has 0 fully saturated rings. The van der Waals surface area contributed by atoms with Crippen LogP contribution in [-0.4, -0.2) is 16.3 Å². The lowest BCUT2D eigenvalue weighted by Gasteiger charge is -2.08. The molecule has 0 aliphatic rings. The van der Waals surface area contributed by atoms with E-state index in [4.69, 9.17) is 4.99 Å². The zero-order valence-corrected chi connectivity index (χ0v) is 17.0. The molecule has 3 rings (SSSR count). The monoisotopic (exact) mass is 468 g/mol. The maximum Gasteiger partial charge on any atom is 0.190 e. The van der Waals surface area contributed by atoms with E-state index < -0.39 is 0 Å². The van der Waals surface area contributed by atoms with Crippen molar-refractivity contribution in [1.82, 2.24) is 4.57 Å². The van der Waals surface area contributed by atoms with Crippen LogP contribution in [0.1, 0.15) is 6.42 Å². The van der Waals surface area contributed by atoms with Crippen molar-refractivity contribution in [3.8, 4) is 11.3 Å². The smallest absolute Gasteiger partial charge is 0.190 e. The predicted molar refractivity (Wildman–Crippen MR) is 109 cm³/mol. The Morgan fingerprint density at radius 2 is 1.75 bits per heavy atom. The van der Waals surface area contributed by atoms with E-state index in [1.807, 2.05) is 42.5 Å². The van der Waals surface area contributed by atoms with Crippen LogP contribution in [0.25, 0.3) is 11.3 Å². The van der Waals surface area contributed by atoms with E-state index >= 15 is 0 Å². The first-order chi connectivity index (χ1) is 11.3. The van der Waals surface area contributed by atoms with Gasteiger partial charge in [0.15, 0.2) is 4.80 Å². The first-order valence-corrected chi connectivity index (χ1v) is 9.10. The molecule has 0 amide bonds. The zero-order chi connectivity index (χ0) is 16.1. The molecule has 0 saturated heterocycles. The largest absolute Gasteiger partial charge is 0.396 e. The number of aliphatic hydroxyl groups excluding tert-OH is 1. The molecule has 0 saturated carbocycles. The van der Waals surface area contributed by atoms with Gasteiger partial charge in [0.1, 0.15) is 0 Å². The fraction of sp³-hybridized carbons (Fsp3) is 0.167. The molecule has 1 N–H and O–H groups in total. The standard InChI is InChI=1S/C18H17BrN2OS.BrH/c19-15-9-7-14(8-10-15)17-13-23-18(21(17)11-4-12-22)20-16-5-2-1-3-6-16;/h1-3,5-10,13,22H,4,11-12H2;1H. The molecule has 3 nitrogen and oxygen atoms in total. The molecule has 24 heavy (non-hydrogen) atoms. The molecule has 6 heteroatoms. The molecule has 0 radical (unpaired) electrons. The van der Waals surface area contributed by atoms with Gasteiger partial charge >= 0.3 is 0 Å². The average molecular weight is 470 g/mol. The topological polar surface area (TPSA) is 37.5 Å². The van der Waals surface area contributed by atoms with Crippen molar-refractivity contribution < 1.29 is 5.11 Å². The van der Waals surface area contributed by atoms with Gasteiger partial charge in [-0.3, -0.25) is 0 Å². The van der Waals surface area contributed by atoms with Gasteiger partial charge in [0.05, 0.1) is 11.4 Å². The number of nitrogens with zero attached hydrogens (tertiary/aromatic N) is 2. The summed E-state index contributed by atoms with van der Waals surface area (Å²) < 4.78 is 3.24. The van der Waals surface area contributed by atoms with Gasteiger partial charge in [0.25, 0.3) is 0 Å². The molecule has 0 aliphatic heterocycles. The maximum atomic E-state index is 9.20. The van der Waals surface area contributed by atoms with Crippen LogP contribution in [0, 0.1) is 0 Å². The summed E-state index contributed by atoms with van der Waals surface area (Å²) in [4.78, 5) is 5.70. The first-order valence-electron chi connectivity index (χ1n) is 7.43. The number of para-hydroxylation sites is 1. The van der Waals surface area contributed by atoms with Crippen LogP contribution in [0.5, 0.6) is 0 Å². The summed E-state index contributed by atoms with van der Waals surface area (Å²) in [5, 5.41) is 11.3. The minimum atomic E-state index is 0. The van der Waals surface area contributed by atoms with Crippen molar-refractivity contribution >= 4 is 49.9 Å². The molecule has 0 atom stereocenters. The summed E-state index contributed by atoms with van der Waals surface area (Å²) in [5.41, 5.74) is 3.22. The van der Waals surface area contributed by atoms with Crippen LogP contribution >= 0.6 is 44.2 Å². The molecule has 0 aliphatic carbocycles. The Morgan fingerprint density at radius 3 is 2.42 bits per heavy atom. The van der Waals surface area contributed by atoms with Gasteiger partial charge in [-0.2, -0.15) is 0 Å². The van der Waals surface area contributed by atoms with E-state index in [0.29, 0.717) is 6.42 Å². The van der Waals surface area contributed by atoms with Gasteiger partial charge in [-0.15, -0.1) is 28.3 Å². The number of aliphatic hydroxyl groups is 1. The first kappa shape index (κ1) is 19.1. The van der Waals surface area contributed by atoms with E-state index in [1.54, 1.807) is 11.3 Å². The van der Waals surface area contributed by atoms with Crippen LogP contribution in [0.15, 0.2) is 69.4 Å². The van der Waals surface area contributed by atoms with Crippen LogP contribution in [0.3, 0.4) is 0 Å². The van der Waals surface area contributed by atoms with E-state index in [9.17, 15) is 5.11 Å². The van der Waals surface area contributed by atoms with Crippen molar-refractivity contribution in [1.29, 1.82) is 0 Å². The molecule has 0 spiro atoms. The second-order valence-electron chi connectivity index (χ2n) is 5.09. The third-order valence-electron chi connectivity index (χ3n) is 3.46.